The molecule has 0 radical (unpaired) electrons. The van der Waals surface area contributed by atoms with Gasteiger partial charge in [0.05, 0.1) is 6.10 Å². The van der Waals surface area contributed by atoms with Gasteiger partial charge in [0.1, 0.15) is 0 Å². The number of fused-ring (bicyclic) bond motifs is 4. The van der Waals surface area contributed by atoms with Crippen LogP contribution in [0.15, 0.2) is 34.4 Å². The van der Waals surface area contributed by atoms with Crippen LogP contribution in [0.4, 0.5) is 0 Å². The van der Waals surface area contributed by atoms with Crippen LogP contribution in [0.25, 0.3) is 0 Å². The Morgan fingerprint density at radius 2 is 2.00 bits per heavy atom. The summed E-state index contributed by atoms with van der Waals surface area (Å²) < 4.78 is 0. The molecule has 0 aromatic carbocycles. The van der Waals surface area contributed by atoms with Crippen LogP contribution in [0.5, 0.6) is 0 Å². The zero-order valence-electron chi connectivity index (χ0n) is 20.4. The van der Waals surface area contributed by atoms with Gasteiger partial charge in [-0.3, -0.25) is 0 Å². The molecule has 4 aliphatic rings. The molecule has 0 bridgehead atoms. The van der Waals surface area contributed by atoms with Crippen LogP contribution >= 0.6 is 0 Å². The smallest absolute Gasteiger partial charge is 0.0543 e. The van der Waals surface area contributed by atoms with Crippen molar-refractivity contribution in [3.05, 3.63) is 34.4 Å². The summed E-state index contributed by atoms with van der Waals surface area (Å²) in [5.74, 6) is 2.33. The van der Waals surface area contributed by atoms with Crippen LogP contribution in [0, 0.1) is 28.6 Å². The fraction of sp³-hybridized carbons (Fsp3) is 0.793. The van der Waals surface area contributed by atoms with Crippen LogP contribution in [-0.2, 0) is 0 Å². The van der Waals surface area contributed by atoms with E-state index in [0.717, 1.165) is 24.7 Å². The fourth-order valence-corrected chi connectivity index (χ4v) is 8.02. The molecule has 0 heterocycles. The second-order valence-electron chi connectivity index (χ2n) is 11.8. The lowest BCUT2D eigenvalue weighted by Gasteiger charge is -2.54. The first-order chi connectivity index (χ1) is 14.3. The molecule has 1 heteroatoms. The largest absolute Gasteiger partial charge is 0.393 e. The van der Waals surface area contributed by atoms with E-state index in [0.29, 0.717) is 16.7 Å². The zero-order chi connectivity index (χ0) is 21.5. The molecule has 1 fully saturated rings. The summed E-state index contributed by atoms with van der Waals surface area (Å²) in [6, 6.07) is 0. The molecule has 1 unspecified atom stereocenters. The van der Waals surface area contributed by atoms with E-state index in [1.54, 1.807) is 22.3 Å². The Balaban J connectivity index is 1.50. The van der Waals surface area contributed by atoms with Crippen molar-refractivity contribution >= 4 is 0 Å². The third kappa shape index (κ3) is 3.78. The minimum atomic E-state index is -0.0509. The first kappa shape index (κ1) is 22.4. The molecule has 4 aliphatic carbocycles. The quantitative estimate of drug-likeness (QED) is 0.438. The minimum absolute atomic E-state index is 0.0509. The molecule has 6 atom stereocenters. The van der Waals surface area contributed by atoms with Crippen molar-refractivity contribution in [2.45, 2.75) is 118 Å². The first-order valence-corrected chi connectivity index (χ1v) is 13.1. The van der Waals surface area contributed by atoms with Crippen molar-refractivity contribution in [2.24, 2.45) is 28.6 Å². The van der Waals surface area contributed by atoms with Gasteiger partial charge in [0.2, 0.25) is 0 Å². The Bertz CT molecular complexity index is 739. The van der Waals surface area contributed by atoms with E-state index in [2.05, 4.69) is 46.8 Å². The molecule has 1 N–H and O–H groups in total. The van der Waals surface area contributed by atoms with Crippen molar-refractivity contribution in [1.82, 2.24) is 0 Å². The summed E-state index contributed by atoms with van der Waals surface area (Å²) in [6.45, 7) is 12.3. The predicted molar refractivity (Wildman–Crippen MR) is 128 cm³/mol. The van der Waals surface area contributed by atoms with Crippen molar-refractivity contribution in [2.75, 3.05) is 0 Å². The average Bonchev–Trinajstić information content (AvgIpc) is 3.06. The van der Waals surface area contributed by atoms with Gasteiger partial charge in [-0.1, -0.05) is 57.4 Å². The maximum absolute atomic E-state index is 10.2. The number of rotatable bonds is 6. The molecule has 30 heavy (non-hydrogen) atoms. The lowest BCUT2D eigenvalue weighted by Crippen LogP contribution is -2.44. The van der Waals surface area contributed by atoms with Gasteiger partial charge in [-0.15, -0.1) is 0 Å². The lowest BCUT2D eigenvalue weighted by molar-refractivity contribution is 0.0225. The second kappa shape index (κ2) is 8.61. The van der Waals surface area contributed by atoms with E-state index >= 15 is 0 Å². The number of hydrogen-bond acceptors (Lipinski definition) is 1. The Morgan fingerprint density at radius 3 is 2.77 bits per heavy atom. The fourth-order valence-electron chi connectivity index (χ4n) is 8.02. The molecule has 0 amide bonds. The number of allylic oxidation sites excluding steroid dienone is 6. The van der Waals surface area contributed by atoms with Gasteiger partial charge < -0.3 is 5.11 Å². The Kier molecular flexibility index (Phi) is 6.42. The van der Waals surface area contributed by atoms with Gasteiger partial charge in [0, 0.05) is 0 Å². The molecule has 0 aliphatic heterocycles. The summed E-state index contributed by atoms with van der Waals surface area (Å²) in [7, 11) is 0. The van der Waals surface area contributed by atoms with Crippen molar-refractivity contribution < 1.29 is 5.11 Å². The van der Waals surface area contributed by atoms with Gasteiger partial charge in [-0.2, -0.15) is 0 Å². The summed E-state index contributed by atoms with van der Waals surface area (Å²) in [5, 5.41) is 10.2. The number of hydrogen-bond donors (Lipinski definition) is 1. The van der Waals surface area contributed by atoms with E-state index < -0.39 is 0 Å². The average molecular weight is 411 g/mol. The second-order valence-corrected chi connectivity index (χ2v) is 11.8. The lowest BCUT2D eigenvalue weighted by atomic mass is 9.51. The number of aliphatic hydroxyl groups excluding tert-OH is 1. The summed E-state index contributed by atoms with van der Waals surface area (Å²) >= 11 is 0. The molecule has 1 saturated carbocycles. The van der Waals surface area contributed by atoms with E-state index in [1.165, 1.54) is 64.2 Å². The third-order valence-electron chi connectivity index (χ3n) is 9.93. The highest BCUT2D eigenvalue weighted by Crippen LogP contribution is 2.64. The highest BCUT2D eigenvalue weighted by Gasteiger charge is 2.52. The van der Waals surface area contributed by atoms with Crippen LogP contribution in [0.1, 0.15) is 112 Å². The first-order valence-electron chi connectivity index (χ1n) is 13.1. The highest BCUT2D eigenvalue weighted by atomic mass is 16.3. The molecule has 168 valence electrons. The maximum atomic E-state index is 10.2. The van der Waals surface area contributed by atoms with Crippen LogP contribution in [0.3, 0.4) is 0 Å². The van der Waals surface area contributed by atoms with Crippen LogP contribution < -0.4 is 0 Å². The van der Waals surface area contributed by atoms with Gasteiger partial charge in [0.25, 0.3) is 0 Å². The SMILES string of the molecule is CCCC(C)=CCC[C@@H](C)[C@H]1CC=C2C3=C(CC[C@@]21C)[C@@]1(C)CC[C@H](O)CC1CC3. The van der Waals surface area contributed by atoms with Gasteiger partial charge in [0.15, 0.2) is 0 Å². The minimum Gasteiger partial charge on any atom is -0.393 e. The monoisotopic (exact) mass is 410 g/mol. The normalized spacial score (nSPS) is 39.9. The number of aliphatic hydroxyl groups is 1. The molecule has 0 aromatic rings. The molecular formula is C29H46O. The topological polar surface area (TPSA) is 20.2 Å². The predicted octanol–water partition coefficient (Wildman–Crippen LogP) is 8.15. The van der Waals surface area contributed by atoms with Crippen LogP contribution in [0.2, 0.25) is 0 Å². The zero-order valence-corrected chi connectivity index (χ0v) is 20.4. The Hall–Kier alpha value is -0.820. The molecule has 0 spiro atoms. The molecular weight excluding hydrogens is 364 g/mol. The van der Waals surface area contributed by atoms with Crippen molar-refractivity contribution in [1.29, 1.82) is 0 Å². The molecule has 0 aromatic heterocycles. The van der Waals surface area contributed by atoms with Crippen LogP contribution in [-0.4, -0.2) is 11.2 Å². The third-order valence-corrected chi connectivity index (χ3v) is 9.93. The Labute approximate surface area is 186 Å². The van der Waals surface area contributed by atoms with Gasteiger partial charge in [-0.25, -0.2) is 0 Å². The van der Waals surface area contributed by atoms with Gasteiger partial charge in [-0.05, 0) is 117 Å². The Morgan fingerprint density at radius 1 is 1.20 bits per heavy atom. The highest BCUT2D eigenvalue weighted by molar-refractivity contribution is 5.49. The standard InChI is InChI=1S/C29H46O/c1-6-8-20(2)9-7-10-21(3)25-13-14-26-24-12-11-22-19-23(30)15-17-28(22,4)27(24)16-18-29(25,26)5/h9,14,21-23,25,30H,6-8,10-13,15-19H2,1-5H3/t21-,22?,23+,25-,28+,29-/m1/s1. The van der Waals surface area contributed by atoms with E-state index in [9.17, 15) is 5.11 Å². The van der Waals surface area contributed by atoms with E-state index in [-0.39, 0.29) is 6.10 Å². The van der Waals surface area contributed by atoms with Crippen molar-refractivity contribution in [3.63, 3.8) is 0 Å². The maximum Gasteiger partial charge on any atom is 0.0543 e. The summed E-state index contributed by atoms with van der Waals surface area (Å²) in [5.41, 5.74) is 7.67. The molecule has 0 saturated heterocycles. The molecule has 1 nitrogen and oxygen atoms in total. The van der Waals surface area contributed by atoms with Gasteiger partial charge >= 0.3 is 0 Å². The van der Waals surface area contributed by atoms with E-state index in [1.807, 2.05) is 0 Å². The molecule has 4 rings (SSSR count). The summed E-state index contributed by atoms with van der Waals surface area (Å²) in [6.07, 6.45) is 20.0. The van der Waals surface area contributed by atoms with E-state index in [4.69, 9.17) is 0 Å². The summed E-state index contributed by atoms with van der Waals surface area (Å²) in [4.78, 5) is 0. The van der Waals surface area contributed by atoms with Crippen molar-refractivity contribution in [3.8, 4) is 0 Å².